The Morgan fingerprint density at radius 2 is 1.81 bits per heavy atom. The number of carbonyl (C=O) groups excluding carboxylic acids is 2. The smallest absolute Gasteiger partial charge is 0.348 e. The molecular weight excluding hydrogens is 440 g/mol. The number of hydrogen-bond acceptors (Lipinski definition) is 7. The van der Waals surface area contributed by atoms with Crippen LogP contribution in [0.2, 0.25) is 0 Å². The first-order valence-electron chi connectivity index (χ1n) is 9.41. The Morgan fingerprint density at radius 1 is 1.10 bits per heavy atom. The summed E-state index contributed by atoms with van der Waals surface area (Å²) in [5.41, 5.74) is 0.485. The van der Waals surface area contributed by atoms with Gasteiger partial charge in [-0.25, -0.2) is 13.2 Å². The van der Waals surface area contributed by atoms with Gasteiger partial charge in [-0.05, 0) is 67.8 Å². The van der Waals surface area contributed by atoms with E-state index in [9.17, 15) is 18.0 Å². The summed E-state index contributed by atoms with van der Waals surface area (Å²) in [6.45, 7) is 3.77. The molecule has 1 atom stereocenters. The molecule has 0 aliphatic rings. The summed E-state index contributed by atoms with van der Waals surface area (Å²) < 4.78 is 38.4. The fraction of sp³-hybridized carbons (Fsp3) is 0.238. The number of hydrogen-bond donors (Lipinski definition) is 2. The van der Waals surface area contributed by atoms with Crippen molar-refractivity contribution >= 4 is 49.0 Å². The molecule has 3 aromatic rings. The SMILES string of the molecule is CCOc1ccc(S(=O)(=O)N[C@@H](C)C(=O)Nc2ccc3sc(C(=O)OC)cc3c2)cc1. The Kier molecular flexibility index (Phi) is 6.94. The summed E-state index contributed by atoms with van der Waals surface area (Å²) in [5, 5.41) is 3.46. The van der Waals surface area contributed by atoms with E-state index in [1.165, 1.54) is 37.5 Å². The topological polar surface area (TPSA) is 111 Å². The Hall–Kier alpha value is -2.95. The number of rotatable bonds is 8. The quantitative estimate of drug-likeness (QED) is 0.497. The van der Waals surface area contributed by atoms with Crippen molar-refractivity contribution < 1.29 is 27.5 Å². The van der Waals surface area contributed by atoms with Crippen molar-refractivity contribution in [3.05, 3.63) is 53.4 Å². The predicted octanol–water partition coefficient (Wildman–Crippen LogP) is 3.39. The minimum Gasteiger partial charge on any atom is -0.494 e. The van der Waals surface area contributed by atoms with Crippen LogP contribution in [-0.4, -0.2) is 40.1 Å². The van der Waals surface area contributed by atoms with Crippen LogP contribution in [0.4, 0.5) is 5.69 Å². The van der Waals surface area contributed by atoms with Crippen molar-refractivity contribution in [3.8, 4) is 5.75 Å². The summed E-state index contributed by atoms with van der Waals surface area (Å²) >= 11 is 1.29. The highest BCUT2D eigenvalue weighted by Crippen LogP contribution is 2.28. The third kappa shape index (κ3) is 5.40. The van der Waals surface area contributed by atoms with Gasteiger partial charge in [-0.2, -0.15) is 4.72 Å². The molecule has 1 amide bonds. The molecule has 164 valence electrons. The minimum atomic E-state index is -3.89. The van der Waals surface area contributed by atoms with Gasteiger partial charge in [-0.15, -0.1) is 11.3 Å². The van der Waals surface area contributed by atoms with Crippen LogP contribution >= 0.6 is 11.3 Å². The molecule has 1 aromatic heterocycles. The van der Waals surface area contributed by atoms with E-state index in [0.717, 1.165) is 10.1 Å². The molecule has 0 bridgehead atoms. The molecule has 0 radical (unpaired) electrons. The maximum absolute atomic E-state index is 12.6. The monoisotopic (exact) mass is 462 g/mol. The van der Waals surface area contributed by atoms with E-state index in [2.05, 4.69) is 10.0 Å². The second kappa shape index (κ2) is 9.46. The molecule has 2 aromatic carbocycles. The van der Waals surface area contributed by atoms with Crippen LogP contribution in [0.1, 0.15) is 23.5 Å². The molecule has 1 heterocycles. The predicted molar refractivity (Wildman–Crippen MR) is 119 cm³/mol. The fourth-order valence-electron chi connectivity index (χ4n) is 2.81. The second-order valence-corrected chi connectivity index (χ2v) is 9.39. The van der Waals surface area contributed by atoms with Gasteiger partial charge < -0.3 is 14.8 Å². The molecule has 0 spiro atoms. The zero-order valence-corrected chi connectivity index (χ0v) is 18.8. The summed E-state index contributed by atoms with van der Waals surface area (Å²) in [4.78, 5) is 24.7. The number of esters is 1. The molecule has 2 N–H and O–H groups in total. The largest absolute Gasteiger partial charge is 0.494 e. The lowest BCUT2D eigenvalue weighted by molar-refractivity contribution is -0.117. The standard InChI is InChI=1S/C21H22N2O6S2/c1-4-29-16-6-8-17(9-7-16)31(26,27)23-13(2)20(24)22-15-5-10-18-14(11-15)12-19(30-18)21(25)28-3/h5-13,23H,4H2,1-3H3,(H,22,24)/t13-/m0/s1. The number of fused-ring (bicyclic) bond motifs is 1. The van der Waals surface area contributed by atoms with E-state index < -0.39 is 27.9 Å². The van der Waals surface area contributed by atoms with Crippen LogP contribution in [0, 0.1) is 0 Å². The van der Waals surface area contributed by atoms with Crippen LogP contribution in [0.25, 0.3) is 10.1 Å². The zero-order chi connectivity index (χ0) is 22.6. The van der Waals surface area contributed by atoms with E-state index in [-0.39, 0.29) is 4.90 Å². The van der Waals surface area contributed by atoms with E-state index in [4.69, 9.17) is 9.47 Å². The summed E-state index contributed by atoms with van der Waals surface area (Å²) in [6, 6.07) is 11.8. The van der Waals surface area contributed by atoms with Gasteiger partial charge in [-0.3, -0.25) is 4.79 Å². The Labute approximate surface area is 184 Å². The van der Waals surface area contributed by atoms with Crippen LogP contribution in [0.3, 0.4) is 0 Å². The summed E-state index contributed by atoms with van der Waals surface area (Å²) in [5.74, 6) is -0.382. The van der Waals surface area contributed by atoms with Gasteiger partial charge in [0.25, 0.3) is 0 Å². The molecule has 8 nitrogen and oxygen atoms in total. The molecule has 31 heavy (non-hydrogen) atoms. The lowest BCUT2D eigenvalue weighted by Gasteiger charge is -2.15. The van der Waals surface area contributed by atoms with Crippen LogP contribution in [-0.2, 0) is 19.6 Å². The van der Waals surface area contributed by atoms with Gasteiger partial charge in [0.2, 0.25) is 15.9 Å². The maximum atomic E-state index is 12.6. The first-order chi connectivity index (χ1) is 14.7. The average Bonchev–Trinajstić information content (AvgIpc) is 3.17. The molecule has 0 saturated heterocycles. The number of anilines is 1. The molecule has 0 saturated carbocycles. The van der Waals surface area contributed by atoms with Crippen LogP contribution in [0.15, 0.2) is 53.4 Å². The van der Waals surface area contributed by atoms with Crippen molar-refractivity contribution in [2.75, 3.05) is 19.0 Å². The first-order valence-corrected chi connectivity index (χ1v) is 11.7. The maximum Gasteiger partial charge on any atom is 0.348 e. The molecular formula is C21H22N2O6S2. The highest BCUT2D eigenvalue weighted by atomic mass is 32.2. The Balaban J connectivity index is 1.68. The molecule has 3 rings (SSSR count). The highest BCUT2D eigenvalue weighted by molar-refractivity contribution is 7.89. The lowest BCUT2D eigenvalue weighted by Crippen LogP contribution is -2.41. The lowest BCUT2D eigenvalue weighted by atomic mass is 10.2. The number of amides is 1. The molecule has 0 aliphatic carbocycles. The van der Waals surface area contributed by atoms with Crippen molar-refractivity contribution in [2.45, 2.75) is 24.8 Å². The number of methoxy groups -OCH3 is 1. The van der Waals surface area contributed by atoms with Crippen LogP contribution in [0.5, 0.6) is 5.75 Å². The van der Waals surface area contributed by atoms with Crippen LogP contribution < -0.4 is 14.8 Å². The number of nitrogens with one attached hydrogen (secondary N) is 2. The van der Waals surface area contributed by atoms with Gasteiger partial charge in [0, 0.05) is 10.4 Å². The summed E-state index contributed by atoms with van der Waals surface area (Å²) in [7, 11) is -2.57. The average molecular weight is 463 g/mol. The number of sulfonamides is 1. The van der Waals surface area contributed by atoms with Gasteiger partial charge in [0.1, 0.15) is 10.6 Å². The molecule has 0 fully saturated rings. The normalized spacial score (nSPS) is 12.4. The van der Waals surface area contributed by atoms with Crippen molar-refractivity contribution in [2.24, 2.45) is 0 Å². The third-order valence-corrected chi connectivity index (χ3v) is 6.99. The zero-order valence-electron chi connectivity index (χ0n) is 17.2. The van der Waals surface area contributed by atoms with E-state index in [0.29, 0.717) is 22.9 Å². The van der Waals surface area contributed by atoms with Crippen molar-refractivity contribution in [3.63, 3.8) is 0 Å². The highest BCUT2D eigenvalue weighted by Gasteiger charge is 2.22. The van der Waals surface area contributed by atoms with Crippen molar-refractivity contribution in [1.82, 2.24) is 4.72 Å². The first kappa shape index (κ1) is 22.7. The molecule has 0 aliphatic heterocycles. The van der Waals surface area contributed by atoms with E-state index in [1.54, 1.807) is 36.4 Å². The van der Waals surface area contributed by atoms with Gasteiger partial charge >= 0.3 is 5.97 Å². The number of carbonyl (C=O) groups is 2. The number of ether oxygens (including phenoxy) is 2. The van der Waals surface area contributed by atoms with Crippen molar-refractivity contribution in [1.29, 1.82) is 0 Å². The Morgan fingerprint density at radius 3 is 2.45 bits per heavy atom. The van der Waals surface area contributed by atoms with Gasteiger partial charge in [0.05, 0.1) is 24.7 Å². The second-order valence-electron chi connectivity index (χ2n) is 6.59. The fourth-order valence-corrected chi connectivity index (χ4v) is 4.97. The number of benzene rings is 2. The molecule has 0 unspecified atom stereocenters. The number of thiophene rings is 1. The Bertz CT molecular complexity index is 1200. The van der Waals surface area contributed by atoms with Gasteiger partial charge in [-0.1, -0.05) is 0 Å². The third-order valence-electron chi connectivity index (χ3n) is 4.34. The summed E-state index contributed by atoms with van der Waals surface area (Å²) in [6.07, 6.45) is 0. The minimum absolute atomic E-state index is 0.0330. The van der Waals surface area contributed by atoms with Gasteiger partial charge in [0.15, 0.2) is 0 Å². The van der Waals surface area contributed by atoms with E-state index >= 15 is 0 Å². The van der Waals surface area contributed by atoms with E-state index in [1.807, 2.05) is 6.92 Å². The molecule has 10 heteroatoms.